The molecule has 2 aromatic heterocycles. The smallest absolute Gasteiger partial charge is 0.229 e. The molecule has 0 atom stereocenters. The van der Waals surface area contributed by atoms with Crippen LogP contribution in [0.25, 0.3) is 22.0 Å². The van der Waals surface area contributed by atoms with Crippen molar-refractivity contribution < 1.29 is 4.79 Å². The Labute approximate surface area is 157 Å². The number of rotatable bonds is 4. The maximum Gasteiger partial charge on any atom is 0.229 e. The Bertz CT molecular complexity index is 894. The summed E-state index contributed by atoms with van der Waals surface area (Å²) >= 11 is 1.49. The third kappa shape index (κ3) is 3.42. The zero-order valence-corrected chi connectivity index (χ0v) is 15.6. The molecule has 1 N–H and O–H groups in total. The van der Waals surface area contributed by atoms with Gasteiger partial charge in [-0.1, -0.05) is 60.9 Å². The Morgan fingerprint density at radius 1 is 1.19 bits per heavy atom. The lowest BCUT2D eigenvalue weighted by molar-refractivity contribution is -0.120. The summed E-state index contributed by atoms with van der Waals surface area (Å²) in [5, 5.41) is 3.71. The van der Waals surface area contributed by atoms with Crippen LogP contribution in [0.4, 0.5) is 5.13 Å². The largest absolute Gasteiger partial charge is 0.333 e. The number of hydrogen-bond donors (Lipinski definition) is 1. The van der Waals surface area contributed by atoms with E-state index in [0.717, 1.165) is 47.6 Å². The Kier molecular flexibility index (Phi) is 4.84. The van der Waals surface area contributed by atoms with Crippen molar-refractivity contribution in [1.82, 2.24) is 14.5 Å². The van der Waals surface area contributed by atoms with Crippen LogP contribution in [0.15, 0.2) is 42.7 Å². The van der Waals surface area contributed by atoms with Crippen LogP contribution in [0.1, 0.15) is 32.1 Å². The first-order valence-electron chi connectivity index (χ1n) is 9.07. The molecule has 1 saturated carbocycles. The first-order valence-corrected chi connectivity index (χ1v) is 9.89. The Hall–Kier alpha value is -2.47. The Morgan fingerprint density at radius 3 is 2.65 bits per heavy atom. The molecule has 0 unspecified atom stereocenters. The van der Waals surface area contributed by atoms with Crippen LogP contribution < -0.4 is 5.32 Å². The van der Waals surface area contributed by atoms with Crippen molar-refractivity contribution >= 4 is 22.4 Å². The second-order valence-corrected chi connectivity index (χ2v) is 7.75. The number of imidazole rings is 1. The highest BCUT2D eigenvalue weighted by Gasteiger charge is 2.24. The van der Waals surface area contributed by atoms with E-state index in [4.69, 9.17) is 4.98 Å². The zero-order valence-electron chi connectivity index (χ0n) is 14.8. The van der Waals surface area contributed by atoms with Gasteiger partial charge in [-0.3, -0.25) is 4.79 Å². The number of aromatic nitrogens is 3. The highest BCUT2D eigenvalue weighted by Crippen LogP contribution is 2.38. The fourth-order valence-corrected chi connectivity index (χ4v) is 4.50. The fraction of sp³-hybridized carbons (Fsp3) is 0.350. The average Bonchev–Trinajstić information content (AvgIpc) is 3.29. The summed E-state index contributed by atoms with van der Waals surface area (Å²) in [6.45, 7) is 0. The lowest BCUT2D eigenvalue weighted by Gasteiger charge is -2.19. The number of carbonyl (C=O) groups is 1. The maximum absolute atomic E-state index is 12.6. The van der Waals surface area contributed by atoms with E-state index in [9.17, 15) is 4.79 Å². The van der Waals surface area contributed by atoms with Crippen molar-refractivity contribution in [2.75, 3.05) is 5.32 Å². The molecule has 1 fully saturated rings. The molecular formula is C20H22N4OS. The number of hydrogen-bond acceptors (Lipinski definition) is 4. The van der Waals surface area contributed by atoms with Crippen molar-refractivity contribution in [3.63, 3.8) is 0 Å². The number of nitrogens with one attached hydrogen (secondary N) is 1. The van der Waals surface area contributed by atoms with Gasteiger partial charge in [0.05, 0.1) is 10.6 Å². The maximum atomic E-state index is 12.6. The molecule has 5 nitrogen and oxygen atoms in total. The van der Waals surface area contributed by atoms with Crippen molar-refractivity contribution in [2.24, 2.45) is 13.0 Å². The van der Waals surface area contributed by atoms with E-state index in [1.54, 1.807) is 6.20 Å². The molecule has 26 heavy (non-hydrogen) atoms. The third-order valence-electron chi connectivity index (χ3n) is 4.90. The number of carbonyl (C=O) groups excluding carboxylic acids is 1. The predicted molar refractivity (Wildman–Crippen MR) is 105 cm³/mol. The predicted octanol–water partition coefficient (Wildman–Crippen LogP) is 4.73. The molecule has 1 aliphatic rings. The van der Waals surface area contributed by atoms with Crippen molar-refractivity contribution in [3.8, 4) is 22.0 Å². The quantitative estimate of drug-likeness (QED) is 0.726. The van der Waals surface area contributed by atoms with E-state index >= 15 is 0 Å². The molecule has 4 rings (SSSR count). The Morgan fingerprint density at radius 2 is 1.96 bits per heavy atom. The van der Waals surface area contributed by atoms with Crippen LogP contribution in [0.2, 0.25) is 0 Å². The molecule has 134 valence electrons. The van der Waals surface area contributed by atoms with Crippen LogP contribution in [0.3, 0.4) is 0 Å². The van der Waals surface area contributed by atoms with E-state index in [2.05, 4.69) is 10.3 Å². The first-order chi connectivity index (χ1) is 12.7. The SMILES string of the molecule is Cn1ccnc1-c1sc(NC(=O)C2CCCCC2)nc1-c1ccccc1. The van der Waals surface area contributed by atoms with E-state index in [0.29, 0.717) is 5.13 Å². The zero-order chi connectivity index (χ0) is 17.9. The minimum Gasteiger partial charge on any atom is -0.333 e. The minimum atomic E-state index is 0.101. The number of aryl methyl sites for hydroxylation is 1. The van der Waals surface area contributed by atoms with Crippen LogP contribution in [0.5, 0.6) is 0 Å². The number of nitrogens with zero attached hydrogens (tertiary/aromatic N) is 3. The standard InChI is InChI=1S/C20H22N4OS/c1-24-13-12-21-18(24)17-16(14-8-4-2-5-9-14)22-20(26-17)23-19(25)15-10-6-3-7-11-15/h2,4-5,8-9,12-13,15H,3,6-7,10-11H2,1H3,(H,22,23,25). The van der Waals surface area contributed by atoms with Gasteiger partial charge in [-0.15, -0.1) is 0 Å². The minimum absolute atomic E-state index is 0.101. The second kappa shape index (κ2) is 7.41. The number of amides is 1. The summed E-state index contributed by atoms with van der Waals surface area (Å²) in [6, 6.07) is 10.1. The lowest BCUT2D eigenvalue weighted by Crippen LogP contribution is -2.24. The number of anilines is 1. The summed E-state index contributed by atoms with van der Waals surface area (Å²) < 4.78 is 1.98. The van der Waals surface area contributed by atoms with Gasteiger partial charge < -0.3 is 9.88 Å². The summed E-state index contributed by atoms with van der Waals surface area (Å²) in [5.74, 6) is 1.08. The molecule has 2 heterocycles. The summed E-state index contributed by atoms with van der Waals surface area (Å²) in [4.78, 5) is 22.8. The van der Waals surface area contributed by atoms with Gasteiger partial charge in [0, 0.05) is 30.9 Å². The molecule has 1 aromatic carbocycles. The van der Waals surface area contributed by atoms with Gasteiger partial charge in [0.25, 0.3) is 0 Å². The summed E-state index contributed by atoms with van der Waals surface area (Å²) in [7, 11) is 1.97. The van der Waals surface area contributed by atoms with E-state index in [1.807, 2.05) is 48.1 Å². The second-order valence-electron chi connectivity index (χ2n) is 6.75. The molecule has 0 aliphatic heterocycles. The molecule has 0 spiro atoms. The molecule has 1 aliphatic carbocycles. The third-order valence-corrected chi connectivity index (χ3v) is 5.87. The normalized spacial score (nSPS) is 15.1. The molecule has 6 heteroatoms. The van der Waals surface area contributed by atoms with Crippen molar-refractivity contribution in [1.29, 1.82) is 0 Å². The highest BCUT2D eigenvalue weighted by atomic mass is 32.1. The molecule has 3 aromatic rings. The van der Waals surface area contributed by atoms with Gasteiger partial charge in [0.15, 0.2) is 11.0 Å². The first kappa shape index (κ1) is 17.0. The monoisotopic (exact) mass is 366 g/mol. The molecule has 0 bridgehead atoms. The van der Waals surface area contributed by atoms with Crippen molar-refractivity contribution in [3.05, 3.63) is 42.7 Å². The molecule has 1 amide bonds. The van der Waals surface area contributed by atoms with Crippen molar-refractivity contribution in [2.45, 2.75) is 32.1 Å². The molecule has 0 saturated heterocycles. The molecule has 0 radical (unpaired) electrons. The van der Waals surface area contributed by atoms with Crippen LogP contribution in [-0.2, 0) is 11.8 Å². The van der Waals surface area contributed by atoms with Gasteiger partial charge in [0.1, 0.15) is 0 Å². The summed E-state index contributed by atoms with van der Waals surface area (Å²) in [5.41, 5.74) is 1.89. The van der Waals surface area contributed by atoms with E-state index < -0.39 is 0 Å². The fourth-order valence-electron chi connectivity index (χ4n) is 3.47. The topological polar surface area (TPSA) is 59.8 Å². The Balaban J connectivity index is 1.67. The average molecular weight is 366 g/mol. The number of thiazole rings is 1. The summed E-state index contributed by atoms with van der Waals surface area (Å²) in [6.07, 6.45) is 9.19. The van der Waals surface area contributed by atoms with Crippen LogP contribution in [-0.4, -0.2) is 20.4 Å². The lowest BCUT2D eigenvalue weighted by atomic mass is 9.89. The highest BCUT2D eigenvalue weighted by molar-refractivity contribution is 7.19. The van der Waals surface area contributed by atoms with Crippen LogP contribution in [0, 0.1) is 5.92 Å². The van der Waals surface area contributed by atoms with Gasteiger partial charge >= 0.3 is 0 Å². The van der Waals surface area contributed by atoms with Crippen LogP contribution >= 0.6 is 11.3 Å². The van der Waals surface area contributed by atoms with E-state index in [1.165, 1.54) is 17.8 Å². The van der Waals surface area contributed by atoms with E-state index in [-0.39, 0.29) is 11.8 Å². The molecular weight excluding hydrogens is 344 g/mol. The van der Waals surface area contributed by atoms with Gasteiger partial charge in [-0.2, -0.15) is 0 Å². The van der Waals surface area contributed by atoms with Gasteiger partial charge in [-0.05, 0) is 12.8 Å². The number of benzene rings is 1. The van der Waals surface area contributed by atoms with Gasteiger partial charge in [0.2, 0.25) is 5.91 Å². The van der Waals surface area contributed by atoms with Gasteiger partial charge in [-0.25, -0.2) is 9.97 Å².